The van der Waals surface area contributed by atoms with Gasteiger partial charge in [-0.25, -0.2) is 9.97 Å². The van der Waals surface area contributed by atoms with Crippen LogP contribution in [0, 0.1) is 13.8 Å². The third-order valence-electron chi connectivity index (χ3n) is 2.95. The molecule has 0 atom stereocenters. The Morgan fingerprint density at radius 1 is 1.14 bits per heavy atom. The Morgan fingerprint density at radius 2 is 1.81 bits per heavy atom. The second kappa shape index (κ2) is 6.93. The average Bonchev–Trinajstić information content (AvgIpc) is 2.43. The Balaban J connectivity index is 2.21. The van der Waals surface area contributed by atoms with Gasteiger partial charge in [0, 0.05) is 17.1 Å². The van der Waals surface area contributed by atoms with Crippen molar-refractivity contribution in [3.8, 4) is 5.75 Å². The maximum absolute atomic E-state index is 9.43. The van der Waals surface area contributed by atoms with Crippen LogP contribution in [0.15, 0.2) is 29.4 Å². The summed E-state index contributed by atoms with van der Waals surface area (Å²) in [6.07, 6.45) is 0. The van der Waals surface area contributed by atoms with Gasteiger partial charge in [-0.2, -0.15) is 0 Å². The molecule has 0 unspecified atom stereocenters. The fraction of sp³-hybridized carbons (Fsp3) is 0.286. The van der Waals surface area contributed by atoms with Crippen LogP contribution in [0.2, 0.25) is 0 Å². The van der Waals surface area contributed by atoms with Crippen molar-refractivity contribution in [2.45, 2.75) is 24.8 Å². The summed E-state index contributed by atoms with van der Waals surface area (Å²) in [5.41, 5.74) is 3.08. The van der Waals surface area contributed by atoms with E-state index in [2.05, 4.69) is 9.97 Å². The van der Waals surface area contributed by atoms with Gasteiger partial charge in [-0.3, -0.25) is 0 Å². The van der Waals surface area contributed by atoms with Crippen LogP contribution in [0.5, 0.6) is 5.75 Å². The molecule has 2 rings (SSSR count). The van der Waals surface area contributed by atoms with Crippen LogP contribution in [-0.2, 0) is 5.75 Å². The number of methoxy groups -OCH3 is 1. The predicted octanol–water partition coefficient (Wildman–Crippen LogP) is 1.07. The fourth-order valence-electron chi connectivity index (χ4n) is 1.99. The SMILES string of the molecule is COc1ccc(B(O)O)c(CSc2nc(C)cc(C)n2)c1. The summed E-state index contributed by atoms with van der Waals surface area (Å²) in [6.45, 7) is 3.85. The summed E-state index contributed by atoms with van der Waals surface area (Å²) in [4.78, 5) is 8.72. The van der Waals surface area contributed by atoms with E-state index in [1.165, 1.54) is 11.8 Å². The lowest BCUT2D eigenvalue weighted by Crippen LogP contribution is -2.32. The molecule has 21 heavy (non-hydrogen) atoms. The lowest BCUT2D eigenvalue weighted by molar-refractivity contribution is 0.413. The predicted molar refractivity (Wildman–Crippen MR) is 83.9 cm³/mol. The van der Waals surface area contributed by atoms with Crippen LogP contribution in [0.4, 0.5) is 0 Å². The van der Waals surface area contributed by atoms with Crippen LogP contribution in [-0.4, -0.2) is 34.2 Å². The molecule has 1 heterocycles. The summed E-state index contributed by atoms with van der Waals surface area (Å²) >= 11 is 1.45. The zero-order chi connectivity index (χ0) is 15.4. The fourth-order valence-corrected chi connectivity index (χ4v) is 2.94. The number of hydrogen-bond donors (Lipinski definition) is 2. The first-order valence-electron chi connectivity index (χ1n) is 6.47. The zero-order valence-corrected chi connectivity index (χ0v) is 13.0. The number of ether oxygens (including phenoxy) is 1. The van der Waals surface area contributed by atoms with Crippen LogP contribution >= 0.6 is 11.8 Å². The Kier molecular flexibility index (Phi) is 5.22. The second-order valence-electron chi connectivity index (χ2n) is 4.66. The van der Waals surface area contributed by atoms with Crippen LogP contribution < -0.4 is 10.2 Å². The summed E-state index contributed by atoms with van der Waals surface area (Å²) in [5.74, 6) is 1.21. The van der Waals surface area contributed by atoms with Gasteiger partial charge in [0.15, 0.2) is 5.16 Å². The summed E-state index contributed by atoms with van der Waals surface area (Å²) in [5, 5.41) is 19.5. The molecule has 2 N–H and O–H groups in total. The van der Waals surface area contributed by atoms with E-state index >= 15 is 0 Å². The van der Waals surface area contributed by atoms with E-state index in [4.69, 9.17) is 4.74 Å². The van der Waals surface area contributed by atoms with Crippen molar-refractivity contribution in [1.82, 2.24) is 9.97 Å². The van der Waals surface area contributed by atoms with Gasteiger partial charge in [-0.05, 0) is 43.1 Å². The maximum atomic E-state index is 9.43. The molecule has 5 nitrogen and oxygen atoms in total. The molecule has 110 valence electrons. The van der Waals surface area contributed by atoms with Crippen molar-refractivity contribution in [3.63, 3.8) is 0 Å². The number of rotatable bonds is 5. The highest BCUT2D eigenvalue weighted by Gasteiger charge is 2.17. The molecule has 1 aromatic heterocycles. The monoisotopic (exact) mass is 304 g/mol. The van der Waals surface area contributed by atoms with Crippen LogP contribution in [0.1, 0.15) is 17.0 Å². The molecule has 0 aliphatic rings. The van der Waals surface area contributed by atoms with Crippen LogP contribution in [0.25, 0.3) is 0 Å². The number of hydrogen-bond acceptors (Lipinski definition) is 6. The van der Waals surface area contributed by atoms with E-state index in [0.29, 0.717) is 22.1 Å². The number of aromatic nitrogens is 2. The first kappa shape index (κ1) is 15.8. The normalized spacial score (nSPS) is 10.5. The summed E-state index contributed by atoms with van der Waals surface area (Å²) in [7, 11) is 0.0700. The molecule has 7 heteroatoms. The summed E-state index contributed by atoms with van der Waals surface area (Å²) in [6, 6.07) is 7.07. The Labute approximate surface area is 128 Å². The highest BCUT2D eigenvalue weighted by molar-refractivity contribution is 7.98. The minimum atomic E-state index is -1.51. The van der Waals surface area contributed by atoms with Gasteiger partial charge in [0.1, 0.15) is 5.75 Å². The Bertz CT molecular complexity index is 617. The van der Waals surface area contributed by atoms with Gasteiger partial charge in [-0.15, -0.1) is 0 Å². The maximum Gasteiger partial charge on any atom is 0.488 e. The van der Waals surface area contributed by atoms with E-state index < -0.39 is 7.12 Å². The standard InChI is InChI=1S/C14H17BN2O3S/c1-9-6-10(2)17-14(16-9)21-8-11-7-12(20-3)4-5-13(11)15(18)19/h4-7,18-19H,8H2,1-3H3. The van der Waals surface area contributed by atoms with Crippen molar-refractivity contribution in [2.24, 2.45) is 0 Å². The minimum absolute atomic E-state index is 0.465. The molecule has 0 amide bonds. The van der Waals surface area contributed by atoms with Crippen LogP contribution in [0.3, 0.4) is 0 Å². The summed E-state index contributed by atoms with van der Waals surface area (Å²) < 4.78 is 5.18. The number of benzene rings is 1. The lowest BCUT2D eigenvalue weighted by Gasteiger charge is -2.10. The van der Waals surface area contributed by atoms with E-state index in [1.807, 2.05) is 19.9 Å². The smallest absolute Gasteiger partial charge is 0.488 e. The molecule has 0 saturated heterocycles. The van der Waals surface area contributed by atoms with Gasteiger partial charge in [0.05, 0.1) is 7.11 Å². The van der Waals surface area contributed by atoms with E-state index in [9.17, 15) is 10.0 Å². The molecule has 0 aliphatic heterocycles. The van der Waals surface area contributed by atoms with Gasteiger partial charge in [0.25, 0.3) is 0 Å². The largest absolute Gasteiger partial charge is 0.497 e. The third-order valence-corrected chi connectivity index (χ3v) is 3.84. The van der Waals surface area contributed by atoms with E-state index in [0.717, 1.165) is 17.0 Å². The number of nitrogens with zero attached hydrogens (tertiary/aromatic N) is 2. The topological polar surface area (TPSA) is 75.5 Å². The lowest BCUT2D eigenvalue weighted by atomic mass is 9.77. The van der Waals surface area contributed by atoms with Gasteiger partial charge in [0.2, 0.25) is 0 Å². The van der Waals surface area contributed by atoms with Crippen molar-refractivity contribution in [3.05, 3.63) is 41.2 Å². The van der Waals surface area contributed by atoms with E-state index in [-0.39, 0.29) is 0 Å². The highest BCUT2D eigenvalue weighted by atomic mass is 32.2. The Morgan fingerprint density at radius 3 is 2.38 bits per heavy atom. The molecule has 0 fully saturated rings. The van der Waals surface area contributed by atoms with E-state index in [1.54, 1.807) is 25.3 Å². The van der Waals surface area contributed by atoms with Crippen molar-refractivity contribution in [1.29, 1.82) is 0 Å². The molecule has 0 radical (unpaired) electrons. The van der Waals surface area contributed by atoms with Crippen molar-refractivity contribution < 1.29 is 14.8 Å². The molecular weight excluding hydrogens is 287 g/mol. The number of thioether (sulfide) groups is 1. The molecule has 1 aromatic carbocycles. The quantitative estimate of drug-likeness (QED) is 0.489. The Hall–Kier alpha value is -1.57. The first-order chi connectivity index (χ1) is 9.99. The molecule has 0 spiro atoms. The van der Waals surface area contributed by atoms with Crippen molar-refractivity contribution in [2.75, 3.05) is 7.11 Å². The van der Waals surface area contributed by atoms with Gasteiger partial charge < -0.3 is 14.8 Å². The average molecular weight is 304 g/mol. The molecule has 0 bridgehead atoms. The minimum Gasteiger partial charge on any atom is -0.497 e. The van der Waals surface area contributed by atoms with Crippen molar-refractivity contribution >= 4 is 24.3 Å². The molecule has 0 aliphatic carbocycles. The highest BCUT2D eigenvalue weighted by Crippen LogP contribution is 2.21. The molecule has 2 aromatic rings. The van der Waals surface area contributed by atoms with Gasteiger partial charge in [-0.1, -0.05) is 17.8 Å². The zero-order valence-electron chi connectivity index (χ0n) is 12.2. The third kappa shape index (κ3) is 4.20. The molecule has 0 saturated carbocycles. The number of aryl methyl sites for hydroxylation is 2. The van der Waals surface area contributed by atoms with Gasteiger partial charge >= 0.3 is 7.12 Å². The second-order valence-corrected chi connectivity index (χ2v) is 5.60. The first-order valence-corrected chi connectivity index (χ1v) is 7.46. The molecular formula is C14H17BN2O3S.